The van der Waals surface area contributed by atoms with E-state index in [2.05, 4.69) is 14.7 Å². The van der Waals surface area contributed by atoms with Crippen LogP contribution in [0.15, 0.2) is 30.6 Å². The molecule has 1 aromatic heterocycles. The molecule has 0 aliphatic heterocycles. The molecule has 1 fully saturated rings. The van der Waals surface area contributed by atoms with E-state index in [4.69, 9.17) is 9.57 Å². The first-order valence-corrected chi connectivity index (χ1v) is 11.9. The molecule has 1 N–H and O–H groups in total. The molecule has 0 radical (unpaired) electrons. The summed E-state index contributed by atoms with van der Waals surface area (Å²) in [7, 11) is 1.05. The quantitative estimate of drug-likeness (QED) is 0.592. The van der Waals surface area contributed by atoms with Crippen LogP contribution in [0.3, 0.4) is 0 Å². The molecule has 1 aromatic carbocycles. The predicted octanol–water partition coefficient (Wildman–Crippen LogP) is 1.94. The molecule has 2 aromatic rings. The van der Waals surface area contributed by atoms with Gasteiger partial charge in [0, 0.05) is 13.1 Å². The molecular formula is C21H27FN4O5S. The average Bonchev–Trinajstić information content (AvgIpc) is 3.14. The summed E-state index contributed by atoms with van der Waals surface area (Å²) >= 11 is 0. The Morgan fingerprint density at radius 3 is 2.59 bits per heavy atom. The second-order valence-corrected chi connectivity index (χ2v) is 9.81. The van der Waals surface area contributed by atoms with Crippen molar-refractivity contribution in [3.63, 3.8) is 0 Å². The van der Waals surface area contributed by atoms with Crippen LogP contribution < -0.4 is 9.46 Å². The maximum atomic E-state index is 13.3. The third-order valence-electron chi connectivity index (χ3n) is 5.67. The Kier molecular flexibility index (Phi) is 7.11. The van der Waals surface area contributed by atoms with Crippen molar-refractivity contribution < 1.29 is 27.2 Å². The van der Waals surface area contributed by atoms with Crippen molar-refractivity contribution >= 4 is 15.9 Å². The van der Waals surface area contributed by atoms with Gasteiger partial charge in [-0.05, 0) is 43.4 Å². The minimum Gasteiger partial charge on any atom is -0.496 e. The van der Waals surface area contributed by atoms with Crippen LogP contribution in [0.5, 0.6) is 5.75 Å². The number of methoxy groups -OCH3 is 1. The van der Waals surface area contributed by atoms with Gasteiger partial charge in [0.2, 0.25) is 10.0 Å². The highest BCUT2D eigenvalue weighted by Gasteiger charge is 2.47. The molecule has 3 rings (SSSR count). The fraction of sp³-hybridized carbons (Fsp3) is 0.476. The number of nitrogens with zero attached hydrogens (tertiary/aromatic N) is 3. The van der Waals surface area contributed by atoms with Crippen molar-refractivity contribution in [1.29, 1.82) is 0 Å². The first kappa shape index (κ1) is 24.0. The second kappa shape index (κ2) is 9.47. The molecule has 174 valence electrons. The zero-order valence-corrected chi connectivity index (χ0v) is 19.3. The molecule has 1 aliphatic rings. The van der Waals surface area contributed by atoms with Gasteiger partial charge in [-0.3, -0.25) is 9.63 Å². The van der Waals surface area contributed by atoms with Crippen molar-refractivity contribution in [3.8, 4) is 17.1 Å². The van der Waals surface area contributed by atoms with Gasteiger partial charge in [0.05, 0.1) is 43.8 Å². The Labute approximate surface area is 187 Å². The number of ether oxygens (including phenoxy) is 1. The van der Waals surface area contributed by atoms with Crippen molar-refractivity contribution in [3.05, 3.63) is 42.0 Å². The third kappa shape index (κ3) is 5.40. The van der Waals surface area contributed by atoms with Gasteiger partial charge in [-0.2, -0.15) is 0 Å². The smallest absolute Gasteiger partial charge is 0.252 e. The Balaban J connectivity index is 1.97. The molecule has 0 spiro atoms. The van der Waals surface area contributed by atoms with Crippen molar-refractivity contribution in [1.82, 2.24) is 19.8 Å². The molecule has 0 unspecified atom stereocenters. The Bertz CT molecular complexity index is 1080. The zero-order valence-electron chi connectivity index (χ0n) is 18.5. The van der Waals surface area contributed by atoms with E-state index in [9.17, 15) is 17.6 Å². The number of benzene rings is 1. The highest BCUT2D eigenvalue weighted by atomic mass is 32.2. The van der Waals surface area contributed by atoms with E-state index < -0.39 is 21.3 Å². The highest BCUT2D eigenvalue weighted by molar-refractivity contribution is 7.88. The number of carbonyl (C=O) groups excluding carboxylic acids is 1. The third-order valence-corrected chi connectivity index (χ3v) is 6.43. The van der Waals surface area contributed by atoms with E-state index in [0.717, 1.165) is 24.2 Å². The monoisotopic (exact) mass is 466 g/mol. The minimum atomic E-state index is -3.41. The number of aromatic nitrogens is 2. The predicted molar refractivity (Wildman–Crippen MR) is 116 cm³/mol. The summed E-state index contributed by atoms with van der Waals surface area (Å²) in [5, 5.41) is 1.18. The molecule has 0 saturated heterocycles. The summed E-state index contributed by atoms with van der Waals surface area (Å²) in [6.07, 6.45) is 4.95. The molecule has 1 aliphatic carbocycles. The van der Waals surface area contributed by atoms with Crippen molar-refractivity contribution in [2.45, 2.75) is 31.7 Å². The summed E-state index contributed by atoms with van der Waals surface area (Å²) in [6, 6.07) is 5.05. The first-order valence-electron chi connectivity index (χ1n) is 10.0. The van der Waals surface area contributed by atoms with Crippen LogP contribution in [0.4, 0.5) is 4.39 Å². The zero-order chi connectivity index (χ0) is 23.5. The normalized spacial score (nSPS) is 20.8. The molecule has 1 saturated carbocycles. The fourth-order valence-corrected chi connectivity index (χ4v) is 5.07. The summed E-state index contributed by atoms with van der Waals surface area (Å²) in [5.41, 5.74) is 0.519. The number of sulfonamides is 1. The van der Waals surface area contributed by atoms with Gasteiger partial charge in [0.25, 0.3) is 5.91 Å². The number of hydroxylamine groups is 2. The number of halogens is 1. The summed E-state index contributed by atoms with van der Waals surface area (Å²) in [5.74, 6) is 0.0277. The van der Waals surface area contributed by atoms with Crippen LogP contribution >= 0.6 is 0 Å². The van der Waals surface area contributed by atoms with E-state index in [0.29, 0.717) is 42.8 Å². The number of hydrogen-bond acceptors (Lipinski definition) is 7. The number of hydrogen-bond donors (Lipinski definition) is 1. The van der Waals surface area contributed by atoms with Gasteiger partial charge in [0.15, 0.2) is 11.6 Å². The number of rotatable bonds is 8. The Hall–Kier alpha value is -2.63. The number of nitrogens with one attached hydrogen (secondary N) is 1. The van der Waals surface area contributed by atoms with Gasteiger partial charge in [-0.15, -0.1) is 0 Å². The van der Waals surface area contributed by atoms with E-state index in [-0.39, 0.29) is 11.9 Å². The molecule has 32 heavy (non-hydrogen) atoms. The summed E-state index contributed by atoms with van der Waals surface area (Å²) in [4.78, 5) is 26.5. The van der Waals surface area contributed by atoms with Crippen LogP contribution in [-0.4, -0.2) is 62.9 Å². The second-order valence-electron chi connectivity index (χ2n) is 8.03. The van der Waals surface area contributed by atoms with Gasteiger partial charge in [-0.25, -0.2) is 32.6 Å². The molecule has 1 amide bonds. The van der Waals surface area contributed by atoms with Crippen LogP contribution in [0, 0.1) is 11.2 Å². The van der Waals surface area contributed by atoms with E-state index in [1.54, 1.807) is 6.07 Å². The van der Waals surface area contributed by atoms with Gasteiger partial charge >= 0.3 is 0 Å². The highest BCUT2D eigenvalue weighted by Crippen LogP contribution is 2.43. The SMILES string of the molecule is COc1ccc(C[C@]2(C(=O)N(C)OC)CC[C@H](NS(C)(=O)=O)C2)cc1-c1ncc(F)cn1. The summed E-state index contributed by atoms with van der Waals surface area (Å²) < 4.78 is 44.8. The first-order chi connectivity index (χ1) is 15.1. The van der Waals surface area contributed by atoms with Crippen LogP contribution in [0.25, 0.3) is 11.4 Å². The van der Waals surface area contributed by atoms with Crippen LogP contribution in [-0.2, 0) is 26.1 Å². The van der Waals surface area contributed by atoms with Crippen LogP contribution in [0.1, 0.15) is 24.8 Å². The van der Waals surface area contributed by atoms with Crippen molar-refractivity contribution in [2.75, 3.05) is 27.5 Å². The molecule has 1 heterocycles. The Morgan fingerprint density at radius 1 is 1.31 bits per heavy atom. The lowest BCUT2D eigenvalue weighted by atomic mass is 9.78. The van der Waals surface area contributed by atoms with E-state index >= 15 is 0 Å². The molecule has 9 nitrogen and oxygen atoms in total. The van der Waals surface area contributed by atoms with Gasteiger partial charge in [0.1, 0.15) is 5.75 Å². The molecule has 2 atom stereocenters. The number of amides is 1. The number of carbonyl (C=O) groups is 1. The summed E-state index contributed by atoms with van der Waals surface area (Å²) in [6.45, 7) is 0. The largest absolute Gasteiger partial charge is 0.496 e. The lowest BCUT2D eigenvalue weighted by Crippen LogP contribution is -2.43. The fourth-order valence-electron chi connectivity index (χ4n) is 4.26. The molecule has 11 heteroatoms. The topological polar surface area (TPSA) is 111 Å². The van der Waals surface area contributed by atoms with Gasteiger partial charge < -0.3 is 4.74 Å². The minimum absolute atomic E-state index is 0.229. The average molecular weight is 467 g/mol. The Morgan fingerprint density at radius 2 is 2.00 bits per heavy atom. The van der Waals surface area contributed by atoms with E-state index in [1.165, 1.54) is 26.3 Å². The lowest BCUT2D eigenvalue weighted by Gasteiger charge is -2.32. The van der Waals surface area contributed by atoms with E-state index in [1.807, 2.05) is 12.1 Å². The standard InChI is InChI=1S/C21H27FN4O5S/c1-26(31-3)20(27)21(8-7-16(11-21)25-32(4,28)29)10-14-5-6-18(30-2)17(9-14)19-23-12-15(22)13-24-19/h5-6,9,12-13,16,25H,7-8,10-11H2,1-4H3/t16-,21+/m0/s1. The maximum absolute atomic E-state index is 13.3. The van der Waals surface area contributed by atoms with Crippen LogP contribution in [0.2, 0.25) is 0 Å². The molecule has 0 bridgehead atoms. The van der Waals surface area contributed by atoms with Crippen molar-refractivity contribution in [2.24, 2.45) is 5.41 Å². The maximum Gasteiger partial charge on any atom is 0.252 e. The lowest BCUT2D eigenvalue weighted by molar-refractivity contribution is -0.180. The molecular weight excluding hydrogens is 439 g/mol. The van der Waals surface area contributed by atoms with Gasteiger partial charge in [-0.1, -0.05) is 6.07 Å².